The van der Waals surface area contributed by atoms with E-state index in [9.17, 15) is 9.59 Å². The minimum atomic E-state index is -1.00. The van der Waals surface area contributed by atoms with Gasteiger partial charge in [-0.25, -0.2) is 4.79 Å². The minimum Gasteiger partial charge on any atom is -0.478 e. The third-order valence-corrected chi connectivity index (χ3v) is 5.52. The molecule has 1 rings (SSSR count). The van der Waals surface area contributed by atoms with Crippen LogP contribution in [0.3, 0.4) is 0 Å². The predicted octanol–water partition coefficient (Wildman–Crippen LogP) is 2.97. The van der Waals surface area contributed by atoms with Gasteiger partial charge in [0.2, 0.25) is 5.91 Å². The van der Waals surface area contributed by atoms with Gasteiger partial charge in [-0.05, 0) is 30.7 Å². The summed E-state index contributed by atoms with van der Waals surface area (Å²) < 4.78 is 0.0575. The van der Waals surface area contributed by atoms with Crippen LogP contribution in [0, 0.1) is 0 Å². The lowest BCUT2D eigenvalue weighted by atomic mass is 10.0. The molecule has 1 amide bonds. The second-order valence-corrected chi connectivity index (χ2v) is 6.28. The average molecular weight is 309 g/mol. The van der Waals surface area contributed by atoms with Gasteiger partial charge in [-0.15, -0.1) is 0 Å². The van der Waals surface area contributed by atoms with E-state index in [1.54, 1.807) is 30.0 Å². The lowest BCUT2D eigenvalue weighted by Crippen LogP contribution is -2.40. The number of aromatic carboxylic acids is 1. The Labute approximate surface area is 130 Å². The Morgan fingerprint density at radius 1 is 1.24 bits per heavy atom. The van der Waals surface area contributed by atoms with Crippen LogP contribution in [-0.4, -0.2) is 34.5 Å². The molecule has 5 heteroatoms. The first-order chi connectivity index (χ1) is 9.98. The highest BCUT2D eigenvalue weighted by Crippen LogP contribution is 2.29. The maximum atomic E-state index is 12.1. The normalized spacial score (nSPS) is 11.2. The fourth-order valence-corrected chi connectivity index (χ4v) is 3.03. The van der Waals surface area contributed by atoms with Gasteiger partial charge in [-0.2, -0.15) is 11.8 Å². The molecule has 0 spiro atoms. The highest BCUT2D eigenvalue weighted by Gasteiger charge is 2.25. The van der Waals surface area contributed by atoms with Gasteiger partial charge >= 0.3 is 5.97 Å². The van der Waals surface area contributed by atoms with Crippen molar-refractivity contribution in [2.75, 3.05) is 12.8 Å². The molecule has 0 unspecified atom stereocenters. The quantitative estimate of drug-likeness (QED) is 0.775. The summed E-state index contributed by atoms with van der Waals surface area (Å²) in [4.78, 5) is 23.2. The van der Waals surface area contributed by atoms with E-state index in [0.29, 0.717) is 12.1 Å². The Bertz CT molecular complexity index is 490. The van der Waals surface area contributed by atoms with Crippen LogP contribution in [0.5, 0.6) is 0 Å². The summed E-state index contributed by atoms with van der Waals surface area (Å²) in [5.41, 5.74) is 0.736. The van der Waals surface area contributed by atoms with Crippen LogP contribution < -0.4 is 5.32 Å². The molecule has 2 N–H and O–H groups in total. The number of nitrogens with one attached hydrogen (secondary N) is 1. The first-order valence-corrected chi connectivity index (χ1v) is 8.33. The number of thioether (sulfide) groups is 1. The minimum absolute atomic E-state index is 0.0575. The van der Waals surface area contributed by atoms with Crippen LogP contribution in [0.15, 0.2) is 24.3 Å². The summed E-state index contributed by atoms with van der Waals surface area (Å²) in [6, 6.07) is 6.62. The average Bonchev–Trinajstić information content (AvgIpc) is 2.49. The zero-order chi connectivity index (χ0) is 15.9. The van der Waals surface area contributed by atoms with Gasteiger partial charge in [-0.3, -0.25) is 4.79 Å². The van der Waals surface area contributed by atoms with Gasteiger partial charge < -0.3 is 10.4 Å². The van der Waals surface area contributed by atoms with Crippen molar-refractivity contribution in [3.05, 3.63) is 35.4 Å². The van der Waals surface area contributed by atoms with E-state index >= 15 is 0 Å². The topological polar surface area (TPSA) is 66.4 Å². The molecule has 0 aliphatic heterocycles. The number of benzene rings is 1. The number of amides is 1. The van der Waals surface area contributed by atoms with E-state index < -0.39 is 5.97 Å². The van der Waals surface area contributed by atoms with Crippen LogP contribution in [0.2, 0.25) is 0 Å². The molecular formula is C16H23NO3S. The van der Waals surface area contributed by atoms with Crippen molar-refractivity contribution in [2.24, 2.45) is 0 Å². The summed E-state index contributed by atoms with van der Waals surface area (Å²) in [5, 5.41) is 12.1. The smallest absolute Gasteiger partial charge is 0.335 e. The van der Waals surface area contributed by atoms with Gasteiger partial charge in [-0.1, -0.05) is 32.0 Å². The molecule has 1 aromatic rings. The van der Waals surface area contributed by atoms with Crippen LogP contribution in [0.25, 0.3) is 0 Å². The molecule has 0 saturated carbocycles. The molecule has 0 saturated heterocycles. The zero-order valence-electron chi connectivity index (χ0n) is 12.8. The molecule has 0 radical (unpaired) electrons. The van der Waals surface area contributed by atoms with Crippen LogP contribution in [0.1, 0.15) is 42.6 Å². The maximum absolute atomic E-state index is 12.1. The summed E-state index contributed by atoms with van der Waals surface area (Å²) in [6.45, 7) is 4.84. The first kappa shape index (κ1) is 17.6. The molecule has 4 nitrogen and oxygen atoms in total. The Balaban J connectivity index is 2.69. The highest BCUT2D eigenvalue weighted by molar-refractivity contribution is 8.00. The molecular weight excluding hydrogens is 286 g/mol. The van der Waals surface area contributed by atoms with E-state index in [0.717, 1.165) is 12.8 Å². The molecule has 0 bridgehead atoms. The molecule has 0 fully saturated rings. The van der Waals surface area contributed by atoms with E-state index in [4.69, 9.17) is 5.11 Å². The van der Waals surface area contributed by atoms with E-state index in [1.165, 1.54) is 6.07 Å². The largest absolute Gasteiger partial charge is 0.478 e. The summed E-state index contributed by atoms with van der Waals surface area (Å²) in [7, 11) is 0. The number of carboxylic acid groups (broad SMARTS) is 1. The fraction of sp³-hybridized carbons (Fsp3) is 0.500. The lowest BCUT2D eigenvalue weighted by Gasteiger charge is -2.29. The van der Waals surface area contributed by atoms with Crippen molar-refractivity contribution < 1.29 is 14.7 Å². The Morgan fingerprint density at radius 2 is 1.86 bits per heavy atom. The number of rotatable bonds is 8. The van der Waals surface area contributed by atoms with E-state index in [1.807, 2.05) is 0 Å². The molecule has 0 atom stereocenters. The van der Waals surface area contributed by atoms with E-state index in [2.05, 4.69) is 25.4 Å². The molecule has 1 aromatic carbocycles. The van der Waals surface area contributed by atoms with Crippen molar-refractivity contribution in [1.82, 2.24) is 5.32 Å². The van der Waals surface area contributed by atoms with Crippen molar-refractivity contribution >= 4 is 23.6 Å². The summed E-state index contributed by atoms with van der Waals surface area (Å²) in [5.74, 6) is -1.14. The molecule has 0 aliphatic rings. The number of carboxylic acids is 1. The maximum Gasteiger partial charge on any atom is 0.335 e. The second kappa shape index (κ2) is 8.08. The Kier molecular flexibility index (Phi) is 6.75. The molecule has 21 heavy (non-hydrogen) atoms. The van der Waals surface area contributed by atoms with Gasteiger partial charge in [0.1, 0.15) is 0 Å². The molecule has 0 heterocycles. The zero-order valence-corrected chi connectivity index (χ0v) is 13.6. The lowest BCUT2D eigenvalue weighted by molar-refractivity contribution is -0.120. The third kappa shape index (κ3) is 4.77. The van der Waals surface area contributed by atoms with Gasteiger partial charge in [0.25, 0.3) is 0 Å². The fourth-order valence-electron chi connectivity index (χ4n) is 2.24. The van der Waals surface area contributed by atoms with Gasteiger partial charge in [0.15, 0.2) is 0 Å². The SMILES string of the molecule is CCC(CC)(CNC(=O)Cc1ccccc1C(=O)O)SC. The van der Waals surface area contributed by atoms with Crippen molar-refractivity contribution in [1.29, 1.82) is 0 Å². The van der Waals surface area contributed by atoms with Crippen LogP contribution in [0.4, 0.5) is 0 Å². The van der Waals surface area contributed by atoms with Gasteiger partial charge in [0, 0.05) is 11.3 Å². The molecule has 116 valence electrons. The number of carbonyl (C=O) groups excluding carboxylic acids is 1. The van der Waals surface area contributed by atoms with Crippen molar-refractivity contribution in [3.63, 3.8) is 0 Å². The first-order valence-electron chi connectivity index (χ1n) is 7.11. The number of hydrogen-bond acceptors (Lipinski definition) is 3. The van der Waals surface area contributed by atoms with Crippen molar-refractivity contribution in [3.8, 4) is 0 Å². The Hall–Kier alpha value is -1.49. The Morgan fingerprint density at radius 3 is 2.38 bits per heavy atom. The third-order valence-electron chi connectivity index (χ3n) is 3.93. The standard InChI is InChI=1S/C16H23NO3S/c1-4-16(5-2,21-3)11-17-14(18)10-12-8-6-7-9-13(12)15(19)20/h6-9H,4-5,10-11H2,1-3H3,(H,17,18)(H,19,20). The second-order valence-electron chi connectivity index (χ2n) is 5.01. The van der Waals surface area contributed by atoms with Gasteiger partial charge in [0.05, 0.1) is 12.0 Å². The highest BCUT2D eigenvalue weighted by atomic mass is 32.2. The number of hydrogen-bond donors (Lipinski definition) is 2. The summed E-state index contributed by atoms with van der Waals surface area (Å²) in [6.07, 6.45) is 4.12. The number of carbonyl (C=O) groups is 2. The van der Waals surface area contributed by atoms with Crippen LogP contribution >= 0.6 is 11.8 Å². The van der Waals surface area contributed by atoms with E-state index in [-0.39, 0.29) is 22.6 Å². The summed E-state index contributed by atoms with van der Waals surface area (Å²) >= 11 is 1.76. The van der Waals surface area contributed by atoms with Crippen LogP contribution in [-0.2, 0) is 11.2 Å². The predicted molar refractivity (Wildman–Crippen MR) is 86.9 cm³/mol. The molecule has 0 aliphatic carbocycles. The van der Waals surface area contributed by atoms with Crippen molar-refractivity contribution in [2.45, 2.75) is 37.9 Å². The monoisotopic (exact) mass is 309 g/mol. The molecule has 0 aromatic heterocycles.